The standard InChI is InChI=1S/C22H21NO5/c24-13-6-7-14-18(10-13)28-22(26)20-19-15(11-23-12-4-2-1-3-5-12)16(25)8-9-17(19)27-21(14)20/h6-10,12,23-25H,1-5,11H2. The number of aromatic hydroxyl groups is 2. The Kier molecular flexibility index (Phi) is 4.02. The highest BCUT2D eigenvalue weighted by atomic mass is 16.4. The van der Waals surface area contributed by atoms with Crippen LogP contribution in [-0.2, 0) is 6.54 Å². The third kappa shape index (κ3) is 2.72. The van der Waals surface area contributed by atoms with Crippen molar-refractivity contribution in [2.24, 2.45) is 0 Å². The van der Waals surface area contributed by atoms with Gasteiger partial charge in [-0.1, -0.05) is 19.3 Å². The zero-order chi connectivity index (χ0) is 19.3. The van der Waals surface area contributed by atoms with E-state index < -0.39 is 5.63 Å². The van der Waals surface area contributed by atoms with Crippen molar-refractivity contribution in [3.8, 4) is 11.5 Å². The largest absolute Gasteiger partial charge is 0.508 e. The van der Waals surface area contributed by atoms with Crippen LogP contribution in [0.2, 0.25) is 0 Å². The molecule has 1 aliphatic carbocycles. The van der Waals surface area contributed by atoms with Crippen molar-refractivity contribution in [1.29, 1.82) is 0 Å². The lowest BCUT2D eigenvalue weighted by molar-refractivity contribution is 0.369. The van der Waals surface area contributed by atoms with Crippen molar-refractivity contribution in [2.45, 2.75) is 44.7 Å². The van der Waals surface area contributed by atoms with Gasteiger partial charge in [0.15, 0.2) is 5.58 Å². The first-order chi connectivity index (χ1) is 13.6. The molecule has 0 aliphatic heterocycles. The van der Waals surface area contributed by atoms with E-state index in [0.717, 1.165) is 12.8 Å². The van der Waals surface area contributed by atoms with E-state index in [-0.39, 0.29) is 17.1 Å². The minimum Gasteiger partial charge on any atom is -0.508 e. The lowest BCUT2D eigenvalue weighted by atomic mass is 9.95. The monoisotopic (exact) mass is 379 g/mol. The van der Waals surface area contributed by atoms with Crippen molar-refractivity contribution in [3.63, 3.8) is 0 Å². The van der Waals surface area contributed by atoms with Gasteiger partial charge in [0.1, 0.15) is 28.1 Å². The highest BCUT2D eigenvalue weighted by Crippen LogP contribution is 2.37. The van der Waals surface area contributed by atoms with Crippen molar-refractivity contribution < 1.29 is 19.0 Å². The molecule has 5 rings (SSSR count). The Morgan fingerprint density at radius 2 is 1.79 bits per heavy atom. The predicted octanol–water partition coefficient (Wildman–Crippen LogP) is 4.53. The lowest BCUT2D eigenvalue weighted by Crippen LogP contribution is -2.30. The summed E-state index contributed by atoms with van der Waals surface area (Å²) in [4.78, 5) is 12.7. The van der Waals surface area contributed by atoms with Crippen LogP contribution in [0.4, 0.5) is 0 Å². The topological polar surface area (TPSA) is 95.8 Å². The first-order valence-electron chi connectivity index (χ1n) is 9.68. The van der Waals surface area contributed by atoms with Gasteiger partial charge in [-0.3, -0.25) is 0 Å². The first-order valence-corrected chi connectivity index (χ1v) is 9.68. The second-order valence-electron chi connectivity index (χ2n) is 7.53. The van der Waals surface area contributed by atoms with Gasteiger partial charge in [-0.25, -0.2) is 4.79 Å². The average Bonchev–Trinajstić information content (AvgIpc) is 3.08. The lowest BCUT2D eigenvalue weighted by Gasteiger charge is -2.23. The summed E-state index contributed by atoms with van der Waals surface area (Å²) < 4.78 is 11.4. The second kappa shape index (κ2) is 6.56. The molecule has 1 saturated carbocycles. The molecule has 6 heteroatoms. The fourth-order valence-electron chi connectivity index (χ4n) is 4.30. The number of hydrogen-bond donors (Lipinski definition) is 3. The number of nitrogens with one attached hydrogen (secondary N) is 1. The number of phenols is 2. The molecule has 0 bridgehead atoms. The molecule has 2 aromatic carbocycles. The van der Waals surface area contributed by atoms with Gasteiger partial charge in [0.2, 0.25) is 0 Å². The quantitative estimate of drug-likeness (QED) is 0.453. The van der Waals surface area contributed by atoms with E-state index in [1.807, 2.05) is 0 Å². The molecule has 0 amide bonds. The molecule has 6 nitrogen and oxygen atoms in total. The number of fused-ring (bicyclic) bond motifs is 5. The zero-order valence-electron chi connectivity index (χ0n) is 15.3. The Labute approximate surface area is 160 Å². The maximum absolute atomic E-state index is 12.7. The molecule has 2 heterocycles. The van der Waals surface area contributed by atoms with E-state index in [4.69, 9.17) is 8.83 Å². The number of hydrogen-bond acceptors (Lipinski definition) is 6. The van der Waals surface area contributed by atoms with Crippen LogP contribution in [-0.4, -0.2) is 16.3 Å². The Morgan fingerprint density at radius 1 is 0.964 bits per heavy atom. The van der Waals surface area contributed by atoms with Crippen molar-refractivity contribution in [1.82, 2.24) is 5.32 Å². The van der Waals surface area contributed by atoms with E-state index in [1.54, 1.807) is 18.2 Å². The summed E-state index contributed by atoms with van der Waals surface area (Å²) in [6.07, 6.45) is 5.95. The maximum atomic E-state index is 12.7. The summed E-state index contributed by atoms with van der Waals surface area (Å²) in [5, 5.41) is 25.2. The molecular formula is C22H21NO5. The maximum Gasteiger partial charge on any atom is 0.348 e. The fourth-order valence-corrected chi connectivity index (χ4v) is 4.30. The Bertz CT molecular complexity index is 1250. The molecular weight excluding hydrogens is 358 g/mol. The smallest absolute Gasteiger partial charge is 0.348 e. The number of benzene rings is 2. The fraction of sp³-hybridized carbons (Fsp3) is 0.318. The SMILES string of the molecule is O=c1oc2cc(O)ccc2c2oc3ccc(O)c(CNC4CCCCC4)c3c12. The van der Waals surface area contributed by atoms with Gasteiger partial charge in [-0.2, -0.15) is 0 Å². The van der Waals surface area contributed by atoms with Crippen LogP contribution >= 0.6 is 0 Å². The Morgan fingerprint density at radius 3 is 2.61 bits per heavy atom. The highest BCUT2D eigenvalue weighted by molar-refractivity contribution is 6.14. The van der Waals surface area contributed by atoms with Crippen molar-refractivity contribution in [3.05, 3.63) is 46.3 Å². The molecule has 3 N–H and O–H groups in total. The highest BCUT2D eigenvalue weighted by Gasteiger charge is 2.22. The van der Waals surface area contributed by atoms with Crippen LogP contribution in [0.5, 0.6) is 11.5 Å². The molecule has 0 saturated heterocycles. The van der Waals surface area contributed by atoms with Crippen LogP contribution in [0.3, 0.4) is 0 Å². The van der Waals surface area contributed by atoms with E-state index in [9.17, 15) is 15.0 Å². The third-order valence-electron chi connectivity index (χ3n) is 5.73. The third-order valence-corrected chi connectivity index (χ3v) is 5.73. The number of furan rings is 1. The van der Waals surface area contributed by atoms with Crippen LogP contribution in [0, 0.1) is 0 Å². The zero-order valence-corrected chi connectivity index (χ0v) is 15.3. The average molecular weight is 379 g/mol. The van der Waals surface area contributed by atoms with Gasteiger partial charge >= 0.3 is 5.63 Å². The van der Waals surface area contributed by atoms with E-state index in [2.05, 4.69) is 5.32 Å². The van der Waals surface area contributed by atoms with Gasteiger partial charge in [-0.15, -0.1) is 0 Å². The van der Waals surface area contributed by atoms with Gasteiger partial charge in [0, 0.05) is 29.6 Å². The first kappa shape index (κ1) is 17.1. The van der Waals surface area contributed by atoms with Crippen LogP contribution in [0.1, 0.15) is 37.7 Å². The van der Waals surface area contributed by atoms with Crippen molar-refractivity contribution >= 4 is 32.9 Å². The molecule has 0 spiro atoms. The summed E-state index contributed by atoms with van der Waals surface area (Å²) >= 11 is 0. The molecule has 4 aromatic rings. The number of rotatable bonds is 3. The van der Waals surface area contributed by atoms with Gasteiger partial charge in [-0.05, 0) is 37.1 Å². The minimum absolute atomic E-state index is 0.0149. The molecule has 0 radical (unpaired) electrons. The molecule has 2 aromatic heterocycles. The molecule has 28 heavy (non-hydrogen) atoms. The predicted molar refractivity (Wildman–Crippen MR) is 107 cm³/mol. The van der Waals surface area contributed by atoms with E-state index in [0.29, 0.717) is 45.5 Å². The van der Waals surface area contributed by atoms with Crippen LogP contribution in [0.15, 0.2) is 44.0 Å². The summed E-state index contributed by atoms with van der Waals surface area (Å²) in [5.41, 5.74) is 1.30. The normalized spacial score (nSPS) is 15.7. The van der Waals surface area contributed by atoms with Crippen LogP contribution < -0.4 is 10.9 Å². The Balaban J connectivity index is 1.70. The summed E-state index contributed by atoms with van der Waals surface area (Å²) in [6.45, 7) is 0.454. The molecule has 1 aliphatic rings. The number of phenolic OH excluding ortho intramolecular Hbond substituents is 2. The summed E-state index contributed by atoms with van der Waals surface area (Å²) in [5.74, 6) is 0.143. The van der Waals surface area contributed by atoms with Crippen molar-refractivity contribution in [2.75, 3.05) is 0 Å². The van der Waals surface area contributed by atoms with Gasteiger partial charge < -0.3 is 24.4 Å². The molecule has 0 unspecified atom stereocenters. The molecule has 144 valence electrons. The van der Waals surface area contributed by atoms with Gasteiger partial charge in [0.25, 0.3) is 0 Å². The van der Waals surface area contributed by atoms with Crippen LogP contribution in [0.25, 0.3) is 32.9 Å². The Hall–Kier alpha value is -2.99. The minimum atomic E-state index is -0.545. The molecule has 1 fully saturated rings. The summed E-state index contributed by atoms with van der Waals surface area (Å²) in [6, 6.07) is 8.27. The van der Waals surface area contributed by atoms with Gasteiger partial charge in [0.05, 0.1) is 5.39 Å². The summed E-state index contributed by atoms with van der Waals surface area (Å²) in [7, 11) is 0. The second-order valence-corrected chi connectivity index (χ2v) is 7.53. The molecule has 0 atom stereocenters. The van der Waals surface area contributed by atoms with E-state index >= 15 is 0 Å². The van der Waals surface area contributed by atoms with E-state index in [1.165, 1.54) is 31.4 Å².